The summed E-state index contributed by atoms with van der Waals surface area (Å²) in [5, 5.41) is 11.5. The Labute approximate surface area is 73.8 Å². The first-order chi connectivity index (χ1) is 6.22. The molecule has 13 heavy (non-hydrogen) atoms. The lowest BCUT2D eigenvalue weighted by molar-refractivity contribution is 0.508. The number of hydrogen-bond acceptors (Lipinski definition) is 2. The Morgan fingerprint density at radius 3 is 2.77 bits per heavy atom. The lowest BCUT2D eigenvalue weighted by Crippen LogP contribution is -1.97. The van der Waals surface area contributed by atoms with Crippen LogP contribution in [0.15, 0.2) is 12.1 Å². The van der Waals surface area contributed by atoms with Crippen molar-refractivity contribution < 1.29 is 8.78 Å². The van der Waals surface area contributed by atoms with Gasteiger partial charge in [0.1, 0.15) is 0 Å². The monoisotopic (exact) mass is 180 g/mol. The van der Waals surface area contributed by atoms with Crippen molar-refractivity contribution >= 4 is 5.69 Å². The van der Waals surface area contributed by atoms with Crippen molar-refractivity contribution in [2.24, 2.45) is 0 Å². The number of benzene rings is 1. The fourth-order valence-corrected chi connectivity index (χ4v) is 1.44. The highest BCUT2D eigenvalue weighted by Gasteiger charge is 2.23. The number of nitriles is 1. The summed E-state index contributed by atoms with van der Waals surface area (Å²) in [5.74, 6) is -2.15. The van der Waals surface area contributed by atoms with Gasteiger partial charge in [0, 0.05) is 18.3 Å². The minimum absolute atomic E-state index is 0.370. The topological polar surface area (TPSA) is 35.8 Å². The van der Waals surface area contributed by atoms with E-state index in [4.69, 9.17) is 5.26 Å². The largest absolute Gasteiger partial charge is 0.383 e. The van der Waals surface area contributed by atoms with Crippen LogP contribution in [0.5, 0.6) is 0 Å². The number of nitrogens with one attached hydrogen (secondary N) is 1. The molecule has 0 aromatic heterocycles. The maximum absolute atomic E-state index is 12.8. The van der Waals surface area contributed by atoms with Gasteiger partial charge in [0.15, 0.2) is 11.6 Å². The van der Waals surface area contributed by atoms with Gasteiger partial charge in [-0.05, 0) is 11.6 Å². The summed E-state index contributed by atoms with van der Waals surface area (Å²) >= 11 is 0. The van der Waals surface area contributed by atoms with Crippen LogP contribution in [0.2, 0.25) is 0 Å². The molecule has 2 nitrogen and oxygen atoms in total. The van der Waals surface area contributed by atoms with Crippen LogP contribution in [-0.2, 0) is 0 Å². The second-order valence-corrected chi connectivity index (χ2v) is 2.92. The molecule has 0 saturated heterocycles. The zero-order valence-corrected chi connectivity index (χ0v) is 6.64. The highest BCUT2D eigenvalue weighted by Crippen LogP contribution is 2.32. The molecule has 1 N–H and O–H groups in total. The summed E-state index contributed by atoms with van der Waals surface area (Å²) in [6.07, 6.45) is 0. The highest BCUT2D eigenvalue weighted by atomic mass is 19.2. The predicted octanol–water partition coefficient (Wildman–Crippen LogP) is 2.00. The van der Waals surface area contributed by atoms with Crippen molar-refractivity contribution in [2.45, 2.75) is 5.92 Å². The molecule has 1 aromatic carbocycles. The van der Waals surface area contributed by atoms with Crippen LogP contribution in [0.25, 0.3) is 0 Å². The lowest BCUT2D eigenvalue weighted by Gasteiger charge is -2.00. The molecule has 1 atom stereocenters. The molecule has 0 spiro atoms. The summed E-state index contributed by atoms with van der Waals surface area (Å²) in [7, 11) is 0. The molecular weight excluding hydrogens is 174 g/mol. The van der Waals surface area contributed by atoms with Gasteiger partial charge in [-0.3, -0.25) is 0 Å². The zero-order chi connectivity index (χ0) is 9.42. The van der Waals surface area contributed by atoms with Gasteiger partial charge in [0.2, 0.25) is 0 Å². The molecule has 0 saturated carbocycles. The van der Waals surface area contributed by atoms with Crippen molar-refractivity contribution in [1.82, 2.24) is 0 Å². The first kappa shape index (κ1) is 7.99. The normalized spacial score (nSPS) is 19.0. The van der Waals surface area contributed by atoms with Crippen molar-refractivity contribution in [3.8, 4) is 6.07 Å². The Balaban J connectivity index is 2.55. The van der Waals surface area contributed by atoms with E-state index >= 15 is 0 Å². The van der Waals surface area contributed by atoms with Crippen molar-refractivity contribution in [3.05, 3.63) is 29.3 Å². The van der Waals surface area contributed by atoms with E-state index in [1.807, 2.05) is 6.07 Å². The zero-order valence-electron chi connectivity index (χ0n) is 6.64. The number of hydrogen-bond donors (Lipinski definition) is 1. The first-order valence-corrected chi connectivity index (χ1v) is 3.85. The van der Waals surface area contributed by atoms with E-state index in [-0.39, 0.29) is 5.92 Å². The summed E-state index contributed by atoms with van der Waals surface area (Å²) < 4.78 is 25.5. The highest BCUT2D eigenvalue weighted by molar-refractivity contribution is 5.59. The van der Waals surface area contributed by atoms with E-state index in [0.717, 1.165) is 12.1 Å². The van der Waals surface area contributed by atoms with Crippen LogP contribution >= 0.6 is 0 Å². The fourth-order valence-electron chi connectivity index (χ4n) is 1.44. The van der Waals surface area contributed by atoms with Crippen LogP contribution < -0.4 is 5.32 Å². The van der Waals surface area contributed by atoms with Crippen molar-refractivity contribution in [1.29, 1.82) is 5.26 Å². The van der Waals surface area contributed by atoms with Crippen LogP contribution in [0.1, 0.15) is 11.5 Å². The van der Waals surface area contributed by atoms with E-state index in [2.05, 4.69) is 5.32 Å². The molecule has 1 aromatic rings. The van der Waals surface area contributed by atoms with Gasteiger partial charge in [-0.15, -0.1) is 0 Å². The van der Waals surface area contributed by atoms with Gasteiger partial charge in [-0.25, -0.2) is 8.78 Å². The third-order valence-electron chi connectivity index (χ3n) is 2.12. The first-order valence-electron chi connectivity index (χ1n) is 3.85. The number of rotatable bonds is 0. The maximum Gasteiger partial charge on any atom is 0.160 e. The molecule has 1 heterocycles. The predicted molar refractivity (Wildman–Crippen MR) is 43.2 cm³/mol. The van der Waals surface area contributed by atoms with Gasteiger partial charge in [0.05, 0.1) is 12.0 Å². The summed E-state index contributed by atoms with van der Waals surface area (Å²) in [6.45, 7) is 0.425. The number of fused-ring (bicyclic) bond motifs is 1. The lowest BCUT2D eigenvalue weighted by atomic mass is 10.0. The Kier molecular flexibility index (Phi) is 1.66. The Hall–Kier alpha value is -1.63. The molecule has 4 heteroatoms. The molecule has 0 bridgehead atoms. The van der Waals surface area contributed by atoms with Gasteiger partial charge < -0.3 is 5.32 Å². The van der Waals surface area contributed by atoms with Crippen molar-refractivity contribution in [3.63, 3.8) is 0 Å². The van der Waals surface area contributed by atoms with Crippen LogP contribution in [0.4, 0.5) is 14.5 Å². The number of halogens is 2. The summed E-state index contributed by atoms with van der Waals surface area (Å²) in [6, 6.07) is 4.18. The van der Waals surface area contributed by atoms with Gasteiger partial charge in [0.25, 0.3) is 0 Å². The molecule has 1 unspecified atom stereocenters. The van der Waals surface area contributed by atoms with Gasteiger partial charge >= 0.3 is 0 Å². The maximum atomic E-state index is 12.8. The minimum atomic E-state index is -0.900. The van der Waals surface area contributed by atoms with E-state index in [0.29, 0.717) is 17.8 Å². The Morgan fingerprint density at radius 1 is 1.38 bits per heavy atom. The Morgan fingerprint density at radius 2 is 2.08 bits per heavy atom. The van der Waals surface area contributed by atoms with E-state index in [9.17, 15) is 8.78 Å². The SMILES string of the molecule is N#CC1CNc2cc(F)c(F)cc21. The average molecular weight is 180 g/mol. The second-order valence-electron chi connectivity index (χ2n) is 2.92. The summed E-state index contributed by atoms with van der Waals surface area (Å²) in [4.78, 5) is 0. The third-order valence-corrected chi connectivity index (χ3v) is 2.12. The quantitative estimate of drug-likeness (QED) is 0.662. The van der Waals surface area contributed by atoms with E-state index in [1.54, 1.807) is 0 Å². The molecular formula is C9H6F2N2. The van der Waals surface area contributed by atoms with E-state index in [1.165, 1.54) is 0 Å². The summed E-state index contributed by atoms with van der Waals surface area (Å²) in [5.41, 5.74) is 1.06. The third kappa shape index (κ3) is 1.13. The molecule has 0 radical (unpaired) electrons. The minimum Gasteiger partial charge on any atom is -0.383 e. The smallest absolute Gasteiger partial charge is 0.160 e. The van der Waals surface area contributed by atoms with Gasteiger partial charge in [-0.1, -0.05) is 0 Å². The molecule has 0 aliphatic carbocycles. The van der Waals surface area contributed by atoms with Crippen LogP contribution in [-0.4, -0.2) is 6.54 Å². The van der Waals surface area contributed by atoms with Gasteiger partial charge in [-0.2, -0.15) is 5.26 Å². The molecule has 2 rings (SSSR count). The average Bonchev–Trinajstić information content (AvgIpc) is 2.48. The molecule has 1 aliphatic rings. The standard InChI is InChI=1S/C9H6F2N2/c10-7-1-6-5(3-12)4-13-9(6)2-8(7)11/h1-2,5,13H,4H2. The Bertz CT molecular complexity index is 395. The molecule has 1 aliphatic heterocycles. The number of anilines is 1. The molecule has 66 valence electrons. The van der Waals surface area contributed by atoms with E-state index < -0.39 is 11.6 Å². The van der Waals surface area contributed by atoms with Crippen molar-refractivity contribution in [2.75, 3.05) is 11.9 Å². The second kappa shape index (κ2) is 2.70. The fraction of sp³-hybridized carbons (Fsp3) is 0.222. The molecule has 0 fully saturated rings. The molecule has 0 amide bonds. The van der Waals surface area contributed by atoms with Crippen LogP contribution in [0, 0.1) is 23.0 Å². The number of nitrogens with zero attached hydrogens (tertiary/aromatic N) is 1. The van der Waals surface area contributed by atoms with Crippen LogP contribution in [0.3, 0.4) is 0 Å².